The lowest BCUT2D eigenvalue weighted by Crippen LogP contribution is -2.11. The first-order valence-electron chi connectivity index (χ1n) is 7.68. The number of carboxylic acid groups (broad SMARTS) is 1. The molecule has 27 heavy (non-hydrogen) atoms. The highest BCUT2D eigenvalue weighted by Crippen LogP contribution is 2.30. The number of imidazole rings is 1. The molecule has 140 valence electrons. The molecule has 0 aliphatic heterocycles. The number of aryl methyl sites for hydroxylation is 1. The molecule has 0 saturated heterocycles. The van der Waals surface area contributed by atoms with E-state index in [1.165, 1.54) is 37.3 Å². The number of fused-ring (bicyclic) bond motifs is 1. The normalized spacial score (nSPS) is 12.5. The molecule has 3 aromatic rings. The number of halogens is 2. The van der Waals surface area contributed by atoms with Crippen molar-refractivity contribution in [2.24, 2.45) is 0 Å². The van der Waals surface area contributed by atoms with Gasteiger partial charge in [0.15, 0.2) is 11.6 Å². The maximum Gasteiger partial charge on any atom is 0.328 e. The Balaban J connectivity index is 2.33. The smallest absolute Gasteiger partial charge is 0.328 e. The van der Waals surface area contributed by atoms with Crippen molar-refractivity contribution in [3.8, 4) is 0 Å². The van der Waals surface area contributed by atoms with Gasteiger partial charge in [0, 0.05) is 11.6 Å². The molecule has 0 aliphatic rings. The molecule has 0 atom stereocenters. The van der Waals surface area contributed by atoms with Gasteiger partial charge in [-0.2, -0.15) is 0 Å². The predicted octanol–water partition coefficient (Wildman–Crippen LogP) is 2.95. The van der Waals surface area contributed by atoms with Crippen molar-refractivity contribution in [1.29, 1.82) is 0 Å². The first-order valence-corrected chi connectivity index (χ1v) is 9.53. The number of benzene rings is 2. The van der Waals surface area contributed by atoms with E-state index >= 15 is 0 Å². The minimum atomic E-state index is -3.68. The summed E-state index contributed by atoms with van der Waals surface area (Å²) in [6.45, 7) is 1.51. The Morgan fingerprint density at radius 1 is 1.22 bits per heavy atom. The maximum atomic E-state index is 14.3. The van der Waals surface area contributed by atoms with Crippen LogP contribution in [-0.2, 0) is 14.8 Å². The number of rotatable bonds is 4. The second-order valence-corrected chi connectivity index (χ2v) is 7.72. The van der Waals surface area contributed by atoms with Gasteiger partial charge in [0.1, 0.15) is 5.82 Å². The summed E-state index contributed by atoms with van der Waals surface area (Å²) in [5.74, 6) is -3.45. The summed E-state index contributed by atoms with van der Waals surface area (Å²) < 4.78 is 53.0. The van der Waals surface area contributed by atoms with Crippen LogP contribution in [0.4, 0.5) is 8.78 Å². The van der Waals surface area contributed by atoms with Crippen molar-refractivity contribution < 1.29 is 27.1 Å². The number of nitrogens with zero attached hydrogens (tertiary/aromatic N) is 2. The number of hydrogen-bond donors (Lipinski definition) is 1. The number of hydrogen-bond acceptors (Lipinski definition) is 4. The van der Waals surface area contributed by atoms with Crippen molar-refractivity contribution in [1.82, 2.24) is 8.96 Å². The van der Waals surface area contributed by atoms with Crippen LogP contribution >= 0.6 is 0 Å². The monoisotopic (exact) mass is 392 g/mol. The van der Waals surface area contributed by atoms with Crippen molar-refractivity contribution in [3.05, 3.63) is 71.1 Å². The highest BCUT2D eigenvalue weighted by Gasteiger charge is 2.19. The van der Waals surface area contributed by atoms with E-state index in [1.54, 1.807) is 0 Å². The fraction of sp³-hybridized carbons (Fsp3) is 0.111. The molecule has 0 unspecified atom stereocenters. The Bertz CT molecular complexity index is 1210. The van der Waals surface area contributed by atoms with Crippen LogP contribution in [0.1, 0.15) is 17.0 Å². The standard InChI is InChI=1S/C18H14F2N2O4S/c1-10-21-15-7-6-11(8-16(15)22(10)27(2,25)26)13(9-17(23)24)12-4-3-5-14(19)18(12)20/h3-9H,1-2H3,(H,23,24)/b13-9-. The Morgan fingerprint density at radius 2 is 1.93 bits per heavy atom. The third-order valence-corrected chi connectivity index (χ3v) is 5.05. The topological polar surface area (TPSA) is 89.3 Å². The summed E-state index contributed by atoms with van der Waals surface area (Å²) in [4.78, 5) is 15.4. The molecule has 2 aromatic carbocycles. The molecule has 0 amide bonds. The van der Waals surface area contributed by atoms with Gasteiger partial charge in [-0.15, -0.1) is 0 Å². The summed E-state index contributed by atoms with van der Waals surface area (Å²) in [7, 11) is -3.68. The maximum absolute atomic E-state index is 14.3. The fourth-order valence-corrected chi connectivity index (χ4v) is 3.94. The van der Waals surface area contributed by atoms with Crippen LogP contribution < -0.4 is 0 Å². The fourth-order valence-electron chi connectivity index (χ4n) is 2.91. The number of aromatic nitrogens is 2. The molecular weight excluding hydrogens is 378 g/mol. The largest absolute Gasteiger partial charge is 0.478 e. The Labute approximate surface area is 153 Å². The van der Waals surface area contributed by atoms with Crippen molar-refractivity contribution in [2.45, 2.75) is 6.92 Å². The van der Waals surface area contributed by atoms with Crippen LogP contribution in [0.2, 0.25) is 0 Å². The molecule has 1 aromatic heterocycles. The zero-order valence-corrected chi connectivity index (χ0v) is 15.1. The van der Waals surface area contributed by atoms with Crippen LogP contribution in [0, 0.1) is 18.6 Å². The molecule has 1 N–H and O–H groups in total. The zero-order chi connectivity index (χ0) is 19.9. The lowest BCUT2D eigenvalue weighted by Gasteiger charge is -2.10. The molecule has 0 fully saturated rings. The summed E-state index contributed by atoms with van der Waals surface area (Å²) in [6.07, 6.45) is 1.75. The average Bonchev–Trinajstić information content (AvgIpc) is 2.90. The summed E-state index contributed by atoms with van der Waals surface area (Å²) in [6, 6.07) is 7.77. The van der Waals surface area contributed by atoms with Crippen molar-refractivity contribution in [3.63, 3.8) is 0 Å². The van der Waals surface area contributed by atoms with Gasteiger partial charge in [0.2, 0.25) is 10.0 Å². The van der Waals surface area contributed by atoms with E-state index in [0.717, 1.165) is 22.4 Å². The third kappa shape index (κ3) is 3.45. The van der Waals surface area contributed by atoms with E-state index < -0.39 is 27.6 Å². The zero-order valence-electron chi connectivity index (χ0n) is 14.3. The van der Waals surface area contributed by atoms with Gasteiger partial charge in [0.05, 0.1) is 17.3 Å². The summed E-state index contributed by atoms with van der Waals surface area (Å²) >= 11 is 0. The molecule has 0 bridgehead atoms. The highest BCUT2D eigenvalue weighted by molar-refractivity contribution is 7.89. The molecule has 3 rings (SSSR count). The van der Waals surface area contributed by atoms with Crippen LogP contribution in [0.25, 0.3) is 16.6 Å². The molecule has 6 nitrogen and oxygen atoms in total. The van der Waals surface area contributed by atoms with Crippen LogP contribution in [0.5, 0.6) is 0 Å². The van der Waals surface area contributed by atoms with E-state index in [-0.39, 0.29) is 28.0 Å². The van der Waals surface area contributed by atoms with Crippen LogP contribution in [-0.4, -0.2) is 34.7 Å². The number of carbonyl (C=O) groups is 1. The van der Waals surface area contributed by atoms with Crippen LogP contribution in [0.15, 0.2) is 42.5 Å². The Hall–Kier alpha value is -3.07. The van der Waals surface area contributed by atoms with Gasteiger partial charge in [-0.25, -0.2) is 30.9 Å². The number of aliphatic carboxylic acids is 1. The first-order chi connectivity index (χ1) is 12.6. The quantitative estimate of drug-likeness (QED) is 0.690. The van der Waals surface area contributed by atoms with Gasteiger partial charge in [0.25, 0.3) is 0 Å². The average molecular weight is 392 g/mol. The molecule has 0 spiro atoms. The minimum absolute atomic E-state index is 0.0969. The van der Waals surface area contributed by atoms with E-state index in [0.29, 0.717) is 5.52 Å². The lowest BCUT2D eigenvalue weighted by molar-refractivity contribution is -0.131. The molecule has 0 aliphatic carbocycles. The summed E-state index contributed by atoms with van der Waals surface area (Å²) in [5, 5.41) is 9.16. The molecule has 0 saturated carbocycles. The third-order valence-electron chi connectivity index (χ3n) is 3.92. The number of carboxylic acids is 1. The molecule has 1 heterocycles. The van der Waals surface area contributed by atoms with Gasteiger partial charge in [-0.1, -0.05) is 18.2 Å². The minimum Gasteiger partial charge on any atom is -0.478 e. The molecule has 0 radical (unpaired) electrons. The van der Waals surface area contributed by atoms with Crippen molar-refractivity contribution >= 4 is 32.6 Å². The van der Waals surface area contributed by atoms with Gasteiger partial charge < -0.3 is 5.11 Å². The van der Waals surface area contributed by atoms with E-state index in [9.17, 15) is 22.0 Å². The van der Waals surface area contributed by atoms with Crippen molar-refractivity contribution in [2.75, 3.05) is 6.26 Å². The van der Waals surface area contributed by atoms with E-state index in [4.69, 9.17) is 5.11 Å². The molecule has 9 heteroatoms. The molecular formula is C18H14F2N2O4S. The Morgan fingerprint density at radius 3 is 2.56 bits per heavy atom. The second-order valence-electron chi connectivity index (χ2n) is 5.89. The van der Waals surface area contributed by atoms with Gasteiger partial charge in [-0.3, -0.25) is 0 Å². The van der Waals surface area contributed by atoms with Gasteiger partial charge >= 0.3 is 5.97 Å². The van der Waals surface area contributed by atoms with Gasteiger partial charge in [-0.05, 0) is 36.3 Å². The second kappa shape index (κ2) is 6.58. The van der Waals surface area contributed by atoms with E-state index in [1.807, 2.05) is 0 Å². The SMILES string of the molecule is Cc1nc2ccc(/C(=C/C(=O)O)c3cccc(F)c3F)cc2n1S(C)(=O)=O. The lowest BCUT2D eigenvalue weighted by atomic mass is 9.96. The predicted molar refractivity (Wildman–Crippen MR) is 95.8 cm³/mol. The van der Waals surface area contributed by atoms with Crippen LogP contribution in [0.3, 0.4) is 0 Å². The summed E-state index contributed by atoms with van der Waals surface area (Å²) in [5.41, 5.74) is 0.440. The Kier molecular flexibility index (Phi) is 4.56. The highest BCUT2D eigenvalue weighted by atomic mass is 32.2. The first kappa shape index (κ1) is 18.7. The van der Waals surface area contributed by atoms with E-state index in [2.05, 4.69) is 4.98 Å².